The number of nitrogens with one attached hydrogen (secondary N) is 2. The van der Waals surface area contributed by atoms with Crippen molar-refractivity contribution in [2.45, 2.75) is 23.3 Å². The summed E-state index contributed by atoms with van der Waals surface area (Å²) in [5.41, 5.74) is 5.42. The lowest BCUT2D eigenvalue weighted by Crippen LogP contribution is -2.54. The van der Waals surface area contributed by atoms with Crippen LogP contribution in [0.5, 0.6) is 0 Å². The van der Waals surface area contributed by atoms with E-state index in [1.54, 1.807) is 13.2 Å². The van der Waals surface area contributed by atoms with Gasteiger partial charge in [0.25, 0.3) is 0 Å². The molecule has 0 saturated carbocycles. The van der Waals surface area contributed by atoms with Crippen molar-refractivity contribution in [3.63, 3.8) is 0 Å². The van der Waals surface area contributed by atoms with Crippen molar-refractivity contribution < 1.29 is 17.9 Å². The van der Waals surface area contributed by atoms with Crippen molar-refractivity contribution in [2.75, 3.05) is 20.3 Å². The standard InChI is InChI=1S/C18H21F3N4OS/c1-24-8-10(7-22)15-5-13-16(6-19)27-17(23)25-18(13,9-26-15)12-3-2-11(20)4-14(12)21/h2-4,7-8,13,15-16,22,24H,5-6,9H2,1H3,(H2,23,25)/b10-8+,22-7?/t13-,15+,16+,18+/m0/s1. The zero-order valence-corrected chi connectivity index (χ0v) is 15.5. The maximum absolute atomic E-state index is 14.6. The molecule has 0 radical (unpaired) electrons. The monoisotopic (exact) mass is 398 g/mol. The van der Waals surface area contributed by atoms with Gasteiger partial charge in [-0.15, -0.1) is 0 Å². The number of rotatable bonds is 5. The molecule has 0 aliphatic carbocycles. The quantitative estimate of drug-likeness (QED) is 0.666. The van der Waals surface area contributed by atoms with Crippen LogP contribution >= 0.6 is 11.8 Å². The Bertz CT molecular complexity index is 788. The molecule has 0 aromatic heterocycles. The number of nitrogens with two attached hydrogens (primary N) is 1. The lowest BCUT2D eigenvalue weighted by atomic mass is 9.71. The number of hydrogen-bond donors (Lipinski definition) is 3. The Morgan fingerprint density at radius 1 is 1.52 bits per heavy atom. The van der Waals surface area contributed by atoms with Crippen LogP contribution in [0.15, 0.2) is 35.0 Å². The summed E-state index contributed by atoms with van der Waals surface area (Å²) in [4.78, 5) is 4.47. The van der Waals surface area contributed by atoms with Crippen LogP contribution in [0, 0.1) is 23.0 Å². The van der Waals surface area contributed by atoms with Gasteiger partial charge in [0, 0.05) is 47.8 Å². The third-order valence-corrected chi connectivity index (χ3v) is 6.11. The Morgan fingerprint density at radius 3 is 2.93 bits per heavy atom. The first-order valence-corrected chi connectivity index (χ1v) is 9.36. The third kappa shape index (κ3) is 3.58. The Kier molecular flexibility index (Phi) is 5.81. The molecular formula is C18H21F3N4OS. The zero-order valence-electron chi connectivity index (χ0n) is 14.7. The summed E-state index contributed by atoms with van der Waals surface area (Å²) in [6.07, 6.45) is 2.69. The summed E-state index contributed by atoms with van der Waals surface area (Å²) in [6.45, 7) is -0.712. The number of aliphatic imine (C=N–C) groups is 1. The van der Waals surface area contributed by atoms with Gasteiger partial charge in [-0.25, -0.2) is 18.2 Å². The van der Waals surface area contributed by atoms with Gasteiger partial charge in [-0.05, 0) is 12.5 Å². The third-order valence-electron chi connectivity index (χ3n) is 5.02. The van der Waals surface area contributed by atoms with Crippen LogP contribution in [0.3, 0.4) is 0 Å². The molecule has 2 heterocycles. The number of halogens is 3. The molecule has 146 valence electrons. The number of amidine groups is 1. The minimum absolute atomic E-state index is 0.0441. The van der Waals surface area contributed by atoms with E-state index >= 15 is 0 Å². The van der Waals surface area contributed by atoms with Gasteiger partial charge in [-0.1, -0.05) is 17.8 Å². The van der Waals surface area contributed by atoms with Crippen LogP contribution in [0.25, 0.3) is 0 Å². The molecule has 1 fully saturated rings. The van der Waals surface area contributed by atoms with Crippen molar-refractivity contribution in [1.29, 1.82) is 5.41 Å². The van der Waals surface area contributed by atoms with E-state index in [0.717, 1.165) is 23.9 Å². The van der Waals surface area contributed by atoms with E-state index in [2.05, 4.69) is 10.3 Å². The fraction of sp³-hybridized carbons (Fsp3) is 0.444. The molecule has 3 rings (SSSR count). The predicted octanol–water partition coefficient (Wildman–Crippen LogP) is 2.72. The Balaban J connectivity index is 2.08. The van der Waals surface area contributed by atoms with E-state index in [1.165, 1.54) is 12.3 Å². The van der Waals surface area contributed by atoms with Gasteiger partial charge in [-0.2, -0.15) is 0 Å². The normalized spacial score (nSPS) is 31.0. The Labute approximate surface area is 159 Å². The average Bonchev–Trinajstić information content (AvgIpc) is 2.64. The number of hydrogen-bond acceptors (Lipinski definition) is 6. The molecule has 9 heteroatoms. The highest BCUT2D eigenvalue weighted by atomic mass is 32.2. The van der Waals surface area contributed by atoms with Gasteiger partial charge in [0.05, 0.1) is 12.7 Å². The second kappa shape index (κ2) is 7.93. The Hall–Kier alpha value is -2.00. The van der Waals surface area contributed by atoms with Crippen molar-refractivity contribution in [3.05, 3.63) is 47.2 Å². The smallest absolute Gasteiger partial charge is 0.155 e. The first-order valence-electron chi connectivity index (χ1n) is 8.48. The van der Waals surface area contributed by atoms with Crippen molar-refractivity contribution in [3.8, 4) is 0 Å². The largest absolute Gasteiger partial charge is 0.394 e. The minimum atomic E-state index is -1.23. The summed E-state index contributed by atoms with van der Waals surface area (Å²) >= 11 is 1.12. The summed E-state index contributed by atoms with van der Waals surface area (Å²) in [5.74, 6) is -1.90. The highest BCUT2D eigenvalue weighted by Crippen LogP contribution is 2.50. The molecular weight excluding hydrogens is 377 g/mol. The van der Waals surface area contributed by atoms with E-state index in [4.69, 9.17) is 15.9 Å². The fourth-order valence-corrected chi connectivity index (χ4v) is 4.90. The van der Waals surface area contributed by atoms with Crippen LogP contribution < -0.4 is 11.1 Å². The molecule has 4 N–H and O–H groups in total. The maximum Gasteiger partial charge on any atom is 0.155 e. The predicted molar refractivity (Wildman–Crippen MR) is 101 cm³/mol. The molecule has 5 nitrogen and oxygen atoms in total. The van der Waals surface area contributed by atoms with Crippen molar-refractivity contribution in [1.82, 2.24) is 5.32 Å². The number of benzene rings is 1. The molecule has 1 aromatic rings. The molecule has 1 saturated heterocycles. The molecule has 27 heavy (non-hydrogen) atoms. The summed E-state index contributed by atoms with van der Waals surface area (Å²) < 4.78 is 47.8. The number of nitrogens with zero attached hydrogens (tertiary/aromatic N) is 1. The minimum Gasteiger partial charge on any atom is -0.394 e. The summed E-state index contributed by atoms with van der Waals surface area (Å²) in [6, 6.07) is 3.26. The van der Waals surface area contributed by atoms with Gasteiger partial charge < -0.3 is 21.2 Å². The fourth-order valence-electron chi connectivity index (χ4n) is 3.81. The van der Waals surface area contributed by atoms with E-state index < -0.39 is 41.1 Å². The molecule has 2 aliphatic rings. The van der Waals surface area contributed by atoms with Crippen molar-refractivity contribution >= 4 is 23.1 Å². The molecule has 0 bridgehead atoms. The van der Waals surface area contributed by atoms with Crippen LogP contribution in [0.1, 0.15) is 12.0 Å². The van der Waals surface area contributed by atoms with Gasteiger partial charge in [-0.3, -0.25) is 0 Å². The van der Waals surface area contributed by atoms with E-state index in [1.807, 2.05) is 0 Å². The topological polar surface area (TPSA) is 83.5 Å². The first-order chi connectivity index (χ1) is 12.9. The maximum atomic E-state index is 14.6. The highest BCUT2D eigenvalue weighted by Gasteiger charge is 2.53. The van der Waals surface area contributed by atoms with E-state index in [0.29, 0.717) is 12.0 Å². The zero-order chi connectivity index (χ0) is 19.6. The van der Waals surface area contributed by atoms with E-state index in [-0.39, 0.29) is 17.3 Å². The molecule has 0 spiro atoms. The van der Waals surface area contributed by atoms with Gasteiger partial charge in [0.15, 0.2) is 5.17 Å². The van der Waals surface area contributed by atoms with Gasteiger partial charge >= 0.3 is 0 Å². The SMILES string of the molecule is CN/C=C(\C=N)[C@H]1C[C@H]2[C@@H](CF)SC(N)=N[C@@]2(c2ccc(F)cc2F)CO1. The Morgan fingerprint density at radius 2 is 2.30 bits per heavy atom. The summed E-state index contributed by atoms with van der Waals surface area (Å²) in [5, 5.41) is 10.1. The number of alkyl halides is 1. The molecule has 1 aromatic carbocycles. The molecule has 4 atom stereocenters. The molecule has 2 aliphatic heterocycles. The number of ether oxygens (including phenoxy) is 1. The number of fused-ring (bicyclic) bond motifs is 1. The summed E-state index contributed by atoms with van der Waals surface area (Å²) in [7, 11) is 1.70. The second-order valence-electron chi connectivity index (χ2n) is 6.53. The average molecular weight is 398 g/mol. The lowest BCUT2D eigenvalue weighted by molar-refractivity contribution is -0.0455. The van der Waals surface area contributed by atoms with Crippen LogP contribution in [-0.2, 0) is 10.3 Å². The lowest BCUT2D eigenvalue weighted by Gasteiger charge is -2.49. The number of thioether (sulfide) groups is 1. The van der Waals surface area contributed by atoms with Gasteiger partial charge in [0.2, 0.25) is 0 Å². The van der Waals surface area contributed by atoms with E-state index in [9.17, 15) is 13.2 Å². The highest BCUT2D eigenvalue weighted by molar-refractivity contribution is 8.14. The van der Waals surface area contributed by atoms with Gasteiger partial charge in [0.1, 0.15) is 23.8 Å². The van der Waals surface area contributed by atoms with Crippen LogP contribution in [0.4, 0.5) is 13.2 Å². The second-order valence-corrected chi connectivity index (χ2v) is 7.79. The van der Waals surface area contributed by atoms with Crippen LogP contribution in [-0.4, -0.2) is 43.1 Å². The first kappa shape index (κ1) is 19.8. The molecule has 0 unspecified atom stereocenters. The van der Waals surface area contributed by atoms with Crippen molar-refractivity contribution in [2.24, 2.45) is 16.6 Å². The van der Waals surface area contributed by atoms with Crippen LogP contribution in [0.2, 0.25) is 0 Å². The molecule has 0 amide bonds.